The molecule has 2 aliphatic heterocycles. The zero-order valence-corrected chi connectivity index (χ0v) is 19.7. The van der Waals surface area contributed by atoms with E-state index < -0.39 is 0 Å². The molecule has 6 nitrogen and oxygen atoms in total. The van der Waals surface area contributed by atoms with Crippen molar-refractivity contribution in [1.29, 1.82) is 0 Å². The van der Waals surface area contributed by atoms with Crippen LogP contribution in [-0.2, 0) is 4.79 Å². The molecule has 2 aromatic heterocycles. The second-order valence-electron chi connectivity index (χ2n) is 9.10. The molecule has 32 heavy (non-hydrogen) atoms. The van der Waals surface area contributed by atoms with Gasteiger partial charge in [-0.2, -0.15) is 0 Å². The van der Waals surface area contributed by atoms with Crippen LogP contribution >= 0.6 is 11.3 Å². The summed E-state index contributed by atoms with van der Waals surface area (Å²) >= 11 is 1.66. The Morgan fingerprint density at radius 1 is 0.938 bits per heavy atom. The van der Waals surface area contributed by atoms with Crippen LogP contribution in [0.15, 0.2) is 42.5 Å². The Bertz CT molecular complexity index is 1070. The maximum Gasteiger partial charge on any atom is 0.225 e. The highest BCUT2D eigenvalue weighted by molar-refractivity contribution is 7.21. The molecule has 2 fully saturated rings. The van der Waals surface area contributed by atoms with Crippen molar-refractivity contribution in [3.05, 3.63) is 42.5 Å². The second-order valence-corrected chi connectivity index (χ2v) is 10.1. The predicted octanol–water partition coefficient (Wildman–Crippen LogP) is 4.13. The summed E-state index contributed by atoms with van der Waals surface area (Å²) in [7, 11) is 0. The van der Waals surface area contributed by atoms with Gasteiger partial charge in [0.15, 0.2) is 5.13 Å². The van der Waals surface area contributed by atoms with Crippen molar-refractivity contribution in [3.63, 3.8) is 0 Å². The zero-order chi connectivity index (χ0) is 22.1. The van der Waals surface area contributed by atoms with E-state index >= 15 is 0 Å². The van der Waals surface area contributed by atoms with Gasteiger partial charge in [0.05, 0.1) is 5.69 Å². The molecule has 5 rings (SSSR count). The highest BCUT2D eigenvalue weighted by Gasteiger charge is 2.31. The Morgan fingerprint density at radius 2 is 1.66 bits per heavy atom. The molecule has 0 radical (unpaired) electrons. The summed E-state index contributed by atoms with van der Waals surface area (Å²) in [6.07, 6.45) is 1.81. The summed E-state index contributed by atoms with van der Waals surface area (Å²) in [5.74, 6) is 0.501. The fourth-order valence-corrected chi connectivity index (χ4v) is 5.74. The number of fused-ring (bicyclic) bond motifs is 1. The fraction of sp³-hybridized carbons (Fsp3) is 0.480. The topological polar surface area (TPSA) is 52.6 Å². The SMILES string of the molecule is CC(C)N1CCN(C(=O)C2CCN(c3nc4ccc(-c5ccccc5)nc4s3)CC2)CC1. The molecule has 0 unspecified atom stereocenters. The van der Waals surface area contributed by atoms with Crippen LogP contribution in [0.25, 0.3) is 21.6 Å². The summed E-state index contributed by atoms with van der Waals surface area (Å²) in [6, 6.07) is 14.9. The van der Waals surface area contributed by atoms with Crippen molar-refractivity contribution < 1.29 is 4.79 Å². The van der Waals surface area contributed by atoms with Gasteiger partial charge in [-0.15, -0.1) is 0 Å². The lowest BCUT2D eigenvalue weighted by Crippen LogP contribution is -2.53. The van der Waals surface area contributed by atoms with E-state index in [2.05, 4.69) is 46.7 Å². The van der Waals surface area contributed by atoms with Gasteiger partial charge < -0.3 is 9.80 Å². The number of nitrogens with zero attached hydrogens (tertiary/aromatic N) is 5. The predicted molar refractivity (Wildman–Crippen MR) is 131 cm³/mol. The Labute approximate surface area is 193 Å². The van der Waals surface area contributed by atoms with Gasteiger partial charge in [-0.3, -0.25) is 9.69 Å². The van der Waals surface area contributed by atoms with Crippen LogP contribution in [0.4, 0.5) is 5.13 Å². The average molecular weight is 450 g/mol. The van der Waals surface area contributed by atoms with Crippen LogP contribution in [0, 0.1) is 5.92 Å². The molecule has 1 amide bonds. The van der Waals surface area contributed by atoms with Gasteiger partial charge in [-0.05, 0) is 38.8 Å². The van der Waals surface area contributed by atoms with E-state index in [4.69, 9.17) is 9.97 Å². The molecule has 0 atom stereocenters. The highest BCUT2D eigenvalue weighted by Crippen LogP contribution is 2.32. The van der Waals surface area contributed by atoms with E-state index in [-0.39, 0.29) is 5.92 Å². The summed E-state index contributed by atoms with van der Waals surface area (Å²) in [5, 5.41) is 1.02. The number of aromatic nitrogens is 2. The number of carbonyl (C=O) groups is 1. The quantitative estimate of drug-likeness (QED) is 0.600. The molecule has 168 valence electrons. The Balaban J connectivity index is 1.21. The van der Waals surface area contributed by atoms with E-state index in [0.717, 1.165) is 78.8 Å². The van der Waals surface area contributed by atoms with E-state index in [9.17, 15) is 4.79 Å². The lowest BCUT2D eigenvalue weighted by Gasteiger charge is -2.39. The van der Waals surface area contributed by atoms with Gasteiger partial charge in [0.1, 0.15) is 10.3 Å². The summed E-state index contributed by atoms with van der Waals surface area (Å²) in [4.78, 5) is 30.6. The minimum atomic E-state index is 0.147. The van der Waals surface area contributed by atoms with Gasteiger partial charge in [0, 0.05) is 56.8 Å². The molecular formula is C25H31N5OS. The first-order chi connectivity index (χ1) is 15.6. The molecule has 1 aromatic carbocycles. The largest absolute Gasteiger partial charge is 0.348 e. The number of hydrogen-bond acceptors (Lipinski definition) is 6. The van der Waals surface area contributed by atoms with Crippen LogP contribution in [0.2, 0.25) is 0 Å². The number of anilines is 1. The average Bonchev–Trinajstić information content (AvgIpc) is 3.28. The molecule has 4 heterocycles. The molecule has 2 aliphatic rings. The number of carbonyl (C=O) groups excluding carboxylic acids is 1. The fourth-order valence-electron chi connectivity index (χ4n) is 4.75. The van der Waals surface area contributed by atoms with Gasteiger partial charge in [-0.25, -0.2) is 9.97 Å². The molecule has 2 saturated heterocycles. The Kier molecular flexibility index (Phi) is 6.11. The molecule has 7 heteroatoms. The lowest BCUT2D eigenvalue weighted by atomic mass is 9.95. The summed E-state index contributed by atoms with van der Waals surface area (Å²) in [5.41, 5.74) is 3.05. The van der Waals surface area contributed by atoms with Crippen molar-refractivity contribution >= 4 is 32.7 Å². The zero-order valence-electron chi connectivity index (χ0n) is 18.9. The van der Waals surface area contributed by atoms with Crippen molar-refractivity contribution in [2.45, 2.75) is 32.7 Å². The first kappa shape index (κ1) is 21.3. The number of benzene rings is 1. The molecular weight excluding hydrogens is 418 g/mol. The third-order valence-electron chi connectivity index (χ3n) is 6.78. The van der Waals surface area contributed by atoms with Gasteiger partial charge in [0.25, 0.3) is 0 Å². The number of pyridine rings is 1. The molecule has 0 bridgehead atoms. The Morgan fingerprint density at radius 3 is 2.34 bits per heavy atom. The van der Waals surface area contributed by atoms with E-state index in [1.165, 1.54) is 0 Å². The van der Waals surface area contributed by atoms with Gasteiger partial charge in [-0.1, -0.05) is 41.7 Å². The molecule has 3 aromatic rings. The van der Waals surface area contributed by atoms with Crippen molar-refractivity contribution in [2.75, 3.05) is 44.2 Å². The van der Waals surface area contributed by atoms with Crippen molar-refractivity contribution in [2.24, 2.45) is 5.92 Å². The van der Waals surface area contributed by atoms with E-state index in [0.29, 0.717) is 11.9 Å². The monoisotopic (exact) mass is 449 g/mol. The number of piperazine rings is 1. The van der Waals surface area contributed by atoms with Crippen molar-refractivity contribution in [1.82, 2.24) is 19.8 Å². The second kappa shape index (κ2) is 9.16. The van der Waals surface area contributed by atoms with Gasteiger partial charge in [0.2, 0.25) is 5.91 Å². The molecule has 0 N–H and O–H groups in total. The number of rotatable bonds is 4. The van der Waals surface area contributed by atoms with Crippen LogP contribution in [0.5, 0.6) is 0 Å². The first-order valence-electron chi connectivity index (χ1n) is 11.7. The highest BCUT2D eigenvalue weighted by atomic mass is 32.1. The number of thiazole rings is 1. The lowest BCUT2D eigenvalue weighted by molar-refractivity contribution is -0.138. The van der Waals surface area contributed by atoms with Crippen LogP contribution < -0.4 is 4.90 Å². The Hall–Kier alpha value is -2.51. The van der Waals surface area contributed by atoms with Crippen LogP contribution in [-0.4, -0.2) is 71.0 Å². The van der Waals surface area contributed by atoms with Crippen LogP contribution in [0.3, 0.4) is 0 Å². The first-order valence-corrected chi connectivity index (χ1v) is 12.5. The summed E-state index contributed by atoms with van der Waals surface area (Å²) < 4.78 is 0. The minimum absolute atomic E-state index is 0.147. The normalized spacial score (nSPS) is 18.6. The number of hydrogen-bond donors (Lipinski definition) is 0. The molecule has 0 aliphatic carbocycles. The molecule has 0 saturated carbocycles. The number of amides is 1. The summed E-state index contributed by atoms with van der Waals surface area (Å²) in [6.45, 7) is 9.94. The smallest absolute Gasteiger partial charge is 0.225 e. The maximum absolute atomic E-state index is 13.1. The third kappa shape index (κ3) is 4.36. The minimum Gasteiger partial charge on any atom is -0.348 e. The van der Waals surface area contributed by atoms with E-state index in [1.807, 2.05) is 24.3 Å². The maximum atomic E-state index is 13.1. The third-order valence-corrected chi connectivity index (χ3v) is 7.81. The number of piperidine rings is 1. The molecule has 0 spiro atoms. The van der Waals surface area contributed by atoms with Gasteiger partial charge >= 0.3 is 0 Å². The van der Waals surface area contributed by atoms with Crippen LogP contribution in [0.1, 0.15) is 26.7 Å². The van der Waals surface area contributed by atoms with E-state index in [1.54, 1.807) is 11.3 Å². The van der Waals surface area contributed by atoms with Crippen molar-refractivity contribution in [3.8, 4) is 11.3 Å². The standard InChI is InChI=1S/C25H31N5OS/c1-18(2)28-14-16-29(17-15-28)24(31)20-10-12-30(13-11-20)25-27-22-9-8-21(26-23(22)32-25)19-6-4-3-5-7-19/h3-9,18,20H,10-17H2,1-2H3.